The van der Waals surface area contributed by atoms with Crippen LogP contribution in [0.4, 0.5) is 4.79 Å². The standard InChI is InChI=1S/C23H31NO2/c1-2-3-4-11-18-24(20-22-15-9-6-10-16-22)23(25)26-19-12-17-21-13-7-5-8-14-21/h5-10,13-16H,2-4,11-12,17-20H2,1H3. The van der Waals surface area contributed by atoms with Crippen LogP contribution in [-0.4, -0.2) is 24.1 Å². The van der Waals surface area contributed by atoms with Crippen molar-refractivity contribution in [1.82, 2.24) is 4.90 Å². The van der Waals surface area contributed by atoms with Gasteiger partial charge in [0.25, 0.3) is 0 Å². The molecule has 2 rings (SSSR count). The van der Waals surface area contributed by atoms with Crippen molar-refractivity contribution in [2.24, 2.45) is 0 Å². The van der Waals surface area contributed by atoms with E-state index in [9.17, 15) is 4.79 Å². The van der Waals surface area contributed by atoms with E-state index in [1.54, 1.807) is 0 Å². The maximum Gasteiger partial charge on any atom is 0.410 e. The van der Waals surface area contributed by atoms with Crippen molar-refractivity contribution in [3.8, 4) is 0 Å². The quantitative estimate of drug-likeness (QED) is 0.475. The van der Waals surface area contributed by atoms with Gasteiger partial charge in [0.15, 0.2) is 0 Å². The molecule has 0 aromatic heterocycles. The van der Waals surface area contributed by atoms with Crippen LogP contribution in [0, 0.1) is 0 Å². The van der Waals surface area contributed by atoms with E-state index in [2.05, 4.69) is 31.2 Å². The van der Waals surface area contributed by atoms with Crippen molar-refractivity contribution in [3.05, 3.63) is 71.8 Å². The number of aryl methyl sites for hydroxylation is 1. The number of hydrogen-bond donors (Lipinski definition) is 0. The third-order valence-corrected chi connectivity index (χ3v) is 4.43. The SMILES string of the molecule is CCCCCCN(Cc1ccccc1)C(=O)OCCCc1ccccc1. The summed E-state index contributed by atoms with van der Waals surface area (Å²) in [7, 11) is 0. The smallest absolute Gasteiger partial charge is 0.410 e. The first-order valence-electron chi connectivity index (χ1n) is 9.79. The highest BCUT2D eigenvalue weighted by molar-refractivity contribution is 5.67. The molecule has 0 atom stereocenters. The van der Waals surface area contributed by atoms with Crippen molar-refractivity contribution in [1.29, 1.82) is 0 Å². The summed E-state index contributed by atoms with van der Waals surface area (Å²) in [5.41, 5.74) is 2.42. The van der Waals surface area contributed by atoms with Gasteiger partial charge in [0.2, 0.25) is 0 Å². The highest BCUT2D eigenvalue weighted by Crippen LogP contribution is 2.10. The number of rotatable bonds is 11. The highest BCUT2D eigenvalue weighted by Gasteiger charge is 2.15. The summed E-state index contributed by atoms with van der Waals surface area (Å²) in [6.07, 6.45) is 6.18. The van der Waals surface area contributed by atoms with E-state index in [1.807, 2.05) is 41.3 Å². The van der Waals surface area contributed by atoms with E-state index in [0.717, 1.165) is 37.8 Å². The largest absolute Gasteiger partial charge is 0.449 e. The summed E-state index contributed by atoms with van der Waals surface area (Å²) in [6, 6.07) is 20.4. The van der Waals surface area contributed by atoms with Gasteiger partial charge < -0.3 is 9.64 Å². The maximum absolute atomic E-state index is 12.5. The van der Waals surface area contributed by atoms with Gasteiger partial charge in [-0.3, -0.25) is 0 Å². The monoisotopic (exact) mass is 353 g/mol. The lowest BCUT2D eigenvalue weighted by Gasteiger charge is -2.22. The molecule has 0 aliphatic carbocycles. The van der Waals surface area contributed by atoms with Crippen molar-refractivity contribution in [3.63, 3.8) is 0 Å². The Morgan fingerprint density at radius 2 is 1.50 bits per heavy atom. The lowest BCUT2D eigenvalue weighted by Crippen LogP contribution is -2.32. The topological polar surface area (TPSA) is 29.5 Å². The summed E-state index contributed by atoms with van der Waals surface area (Å²) in [4.78, 5) is 14.4. The molecule has 0 spiro atoms. The Balaban J connectivity index is 1.79. The Morgan fingerprint density at radius 1 is 0.846 bits per heavy atom. The number of amides is 1. The van der Waals surface area contributed by atoms with Crippen LogP contribution in [0.15, 0.2) is 60.7 Å². The van der Waals surface area contributed by atoms with Crippen molar-refractivity contribution in [2.45, 2.75) is 52.0 Å². The fourth-order valence-electron chi connectivity index (χ4n) is 2.94. The molecule has 0 heterocycles. The van der Waals surface area contributed by atoms with Gasteiger partial charge in [-0.1, -0.05) is 86.8 Å². The minimum absolute atomic E-state index is 0.196. The van der Waals surface area contributed by atoms with Crippen LogP contribution in [0.1, 0.15) is 50.2 Å². The van der Waals surface area contributed by atoms with Crippen LogP contribution in [0.25, 0.3) is 0 Å². The fourth-order valence-corrected chi connectivity index (χ4v) is 2.94. The second-order valence-electron chi connectivity index (χ2n) is 6.67. The van der Waals surface area contributed by atoms with E-state index in [1.165, 1.54) is 18.4 Å². The van der Waals surface area contributed by atoms with Crippen molar-refractivity contribution in [2.75, 3.05) is 13.2 Å². The predicted octanol–water partition coefficient (Wildman–Crippen LogP) is 5.84. The van der Waals surface area contributed by atoms with Gasteiger partial charge in [0.1, 0.15) is 0 Å². The zero-order valence-electron chi connectivity index (χ0n) is 15.9. The maximum atomic E-state index is 12.5. The van der Waals surface area contributed by atoms with Crippen LogP contribution < -0.4 is 0 Å². The van der Waals surface area contributed by atoms with Gasteiger partial charge in [0.05, 0.1) is 6.61 Å². The van der Waals surface area contributed by atoms with Gasteiger partial charge >= 0.3 is 6.09 Å². The number of benzene rings is 2. The first-order chi connectivity index (χ1) is 12.8. The van der Waals surface area contributed by atoms with E-state index in [-0.39, 0.29) is 6.09 Å². The number of carbonyl (C=O) groups is 1. The van der Waals surface area contributed by atoms with Crippen LogP contribution in [0.5, 0.6) is 0 Å². The number of carbonyl (C=O) groups excluding carboxylic acids is 1. The zero-order valence-corrected chi connectivity index (χ0v) is 15.9. The van der Waals surface area contributed by atoms with Gasteiger partial charge in [-0.05, 0) is 30.4 Å². The predicted molar refractivity (Wildman–Crippen MR) is 107 cm³/mol. The molecule has 0 radical (unpaired) electrons. The van der Waals surface area contributed by atoms with Crippen molar-refractivity contribution < 1.29 is 9.53 Å². The third kappa shape index (κ3) is 7.73. The molecule has 26 heavy (non-hydrogen) atoms. The first kappa shape index (κ1) is 20.0. The Labute approximate surface area is 158 Å². The molecule has 3 nitrogen and oxygen atoms in total. The van der Waals surface area contributed by atoms with E-state index in [4.69, 9.17) is 4.74 Å². The zero-order chi connectivity index (χ0) is 18.5. The number of hydrogen-bond acceptors (Lipinski definition) is 2. The van der Waals surface area contributed by atoms with Gasteiger partial charge in [-0.25, -0.2) is 4.79 Å². The normalized spacial score (nSPS) is 10.5. The van der Waals surface area contributed by atoms with Crippen LogP contribution in [-0.2, 0) is 17.7 Å². The highest BCUT2D eigenvalue weighted by atomic mass is 16.6. The minimum atomic E-state index is -0.196. The molecule has 0 fully saturated rings. The molecule has 0 N–H and O–H groups in total. The number of nitrogens with zero attached hydrogens (tertiary/aromatic N) is 1. The Hall–Kier alpha value is -2.29. The van der Waals surface area contributed by atoms with Gasteiger partial charge in [0, 0.05) is 13.1 Å². The second-order valence-corrected chi connectivity index (χ2v) is 6.67. The minimum Gasteiger partial charge on any atom is -0.449 e. The van der Waals surface area contributed by atoms with Crippen LogP contribution in [0.2, 0.25) is 0 Å². The molecular formula is C23H31NO2. The van der Waals surface area contributed by atoms with Gasteiger partial charge in [-0.2, -0.15) is 0 Å². The van der Waals surface area contributed by atoms with Crippen LogP contribution in [0.3, 0.4) is 0 Å². The second kappa shape index (κ2) is 12.1. The lowest BCUT2D eigenvalue weighted by atomic mass is 10.1. The molecule has 140 valence electrons. The summed E-state index contributed by atoms with van der Waals surface area (Å²) in [5, 5.41) is 0. The molecule has 0 saturated carbocycles. The molecule has 2 aromatic carbocycles. The Kier molecular flexibility index (Phi) is 9.34. The first-order valence-corrected chi connectivity index (χ1v) is 9.79. The molecule has 3 heteroatoms. The van der Waals surface area contributed by atoms with E-state index >= 15 is 0 Å². The summed E-state index contributed by atoms with van der Waals surface area (Å²) in [5.74, 6) is 0. The summed E-state index contributed by atoms with van der Waals surface area (Å²) in [6.45, 7) is 4.04. The fraction of sp³-hybridized carbons (Fsp3) is 0.435. The molecular weight excluding hydrogens is 322 g/mol. The molecule has 1 amide bonds. The lowest BCUT2D eigenvalue weighted by molar-refractivity contribution is 0.0979. The molecule has 0 bridgehead atoms. The van der Waals surface area contributed by atoms with E-state index < -0.39 is 0 Å². The average Bonchev–Trinajstić information content (AvgIpc) is 2.69. The molecule has 0 aliphatic heterocycles. The summed E-state index contributed by atoms with van der Waals surface area (Å²) < 4.78 is 5.54. The average molecular weight is 354 g/mol. The number of unbranched alkanes of at least 4 members (excludes halogenated alkanes) is 3. The Bertz CT molecular complexity index is 613. The van der Waals surface area contributed by atoms with Crippen LogP contribution >= 0.6 is 0 Å². The Morgan fingerprint density at radius 3 is 2.15 bits per heavy atom. The summed E-state index contributed by atoms with van der Waals surface area (Å²) >= 11 is 0. The third-order valence-electron chi connectivity index (χ3n) is 4.43. The molecule has 2 aromatic rings. The molecule has 0 saturated heterocycles. The van der Waals surface area contributed by atoms with Crippen molar-refractivity contribution >= 4 is 6.09 Å². The molecule has 0 unspecified atom stereocenters. The number of ether oxygens (including phenoxy) is 1. The van der Waals surface area contributed by atoms with E-state index in [0.29, 0.717) is 13.2 Å². The van der Waals surface area contributed by atoms with Gasteiger partial charge in [-0.15, -0.1) is 0 Å². The molecule has 0 aliphatic rings.